The van der Waals surface area contributed by atoms with E-state index >= 15 is 8.78 Å². The van der Waals surface area contributed by atoms with Crippen molar-refractivity contribution in [2.24, 2.45) is 17.1 Å². The van der Waals surface area contributed by atoms with Crippen LogP contribution in [0.5, 0.6) is 0 Å². The zero-order chi connectivity index (χ0) is 36.7. The third-order valence-electron chi connectivity index (χ3n) is 9.10. The number of carbonyl (C=O) groups excluding carboxylic acids is 1. The molecule has 5 aromatic rings. The molecule has 2 aliphatic rings. The largest absolute Gasteiger partial charge is 0.368 e. The predicted octanol–water partition coefficient (Wildman–Crippen LogP) is 7.10. The molecule has 0 saturated heterocycles. The minimum atomic E-state index is -3.62. The van der Waals surface area contributed by atoms with Crippen molar-refractivity contribution in [2.45, 2.75) is 63.8 Å². The van der Waals surface area contributed by atoms with Crippen LogP contribution >= 0.6 is 11.6 Å². The van der Waals surface area contributed by atoms with Crippen molar-refractivity contribution in [3.63, 3.8) is 0 Å². The lowest BCUT2D eigenvalue weighted by Crippen LogP contribution is -2.37. The highest BCUT2D eigenvalue weighted by atomic mass is 35.5. The van der Waals surface area contributed by atoms with Gasteiger partial charge in [0.2, 0.25) is 11.9 Å². The molecule has 2 aliphatic carbocycles. The first-order chi connectivity index (χ1) is 24.0. The number of pyridine rings is 2. The van der Waals surface area contributed by atoms with Crippen LogP contribution in [0.4, 0.5) is 32.3 Å². The minimum absolute atomic E-state index is 0.00991. The van der Waals surface area contributed by atoms with Crippen molar-refractivity contribution in [3.05, 3.63) is 93.2 Å². The summed E-state index contributed by atoms with van der Waals surface area (Å²) in [6.07, 6.45) is -3.70. The van der Waals surface area contributed by atoms with Crippen LogP contribution in [0.15, 0.2) is 42.5 Å². The predicted molar refractivity (Wildman–Crippen MR) is 175 cm³/mol. The van der Waals surface area contributed by atoms with Crippen LogP contribution in [0.1, 0.15) is 85.4 Å². The van der Waals surface area contributed by atoms with Crippen LogP contribution in [-0.2, 0) is 17.1 Å². The summed E-state index contributed by atoms with van der Waals surface area (Å²) >= 11 is 6.40. The Morgan fingerprint density at radius 1 is 1.06 bits per heavy atom. The van der Waals surface area contributed by atoms with E-state index in [0.29, 0.717) is 16.3 Å². The second-order valence-corrected chi connectivity index (χ2v) is 14.2. The van der Waals surface area contributed by atoms with Gasteiger partial charge in [-0.2, -0.15) is 13.9 Å². The van der Waals surface area contributed by atoms with Gasteiger partial charge in [-0.15, -0.1) is 10.2 Å². The van der Waals surface area contributed by atoms with Gasteiger partial charge in [-0.05, 0) is 87.4 Å². The highest BCUT2D eigenvalue weighted by Gasteiger charge is 2.67. The van der Waals surface area contributed by atoms with Crippen molar-refractivity contribution in [1.82, 2.24) is 29.4 Å². The van der Waals surface area contributed by atoms with E-state index in [0.717, 1.165) is 12.1 Å². The number of benzene rings is 1. The van der Waals surface area contributed by atoms with Gasteiger partial charge in [0.05, 0.1) is 5.69 Å². The van der Waals surface area contributed by atoms with Crippen LogP contribution in [0.3, 0.4) is 0 Å². The van der Waals surface area contributed by atoms with E-state index in [1.54, 1.807) is 18.2 Å². The Balaban J connectivity index is 1.54. The number of hydrogen-bond acceptors (Lipinski definition) is 6. The first-order valence-corrected chi connectivity index (χ1v) is 16.2. The Morgan fingerprint density at radius 3 is 2.39 bits per heavy atom. The molecule has 1 aromatic carbocycles. The maximum absolute atomic E-state index is 15.9. The van der Waals surface area contributed by atoms with Gasteiger partial charge in [-0.1, -0.05) is 17.5 Å². The molecule has 4 atom stereocenters. The number of aromatic nitrogens is 6. The van der Waals surface area contributed by atoms with Crippen LogP contribution in [0.2, 0.25) is 5.15 Å². The van der Waals surface area contributed by atoms with Crippen LogP contribution in [0, 0.1) is 34.8 Å². The summed E-state index contributed by atoms with van der Waals surface area (Å²) in [5.74, 6) is -4.37. The number of anilines is 1. The summed E-state index contributed by atoms with van der Waals surface area (Å²) in [4.78, 5) is 18.4. The molecule has 0 bridgehead atoms. The molecule has 4 N–H and O–H groups in total. The Bertz CT molecular complexity index is 2280. The minimum Gasteiger partial charge on any atom is -0.368 e. The lowest BCUT2D eigenvalue weighted by atomic mass is 9.84. The number of nitrogens with two attached hydrogens (primary N) is 2. The molecular weight excluding hydrogens is 698 g/mol. The summed E-state index contributed by atoms with van der Waals surface area (Å²) < 4.78 is 91.8. The zero-order valence-electron chi connectivity index (χ0n) is 27.2. The molecule has 16 heteroatoms. The third kappa shape index (κ3) is 5.94. The lowest BCUT2D eigenvalue weighted by Gasteiger charge is -2.29. The van der Waals surface area contributed by atoms with E-state index < -0.39 is 76.9 Å². The molecule has 51 heavy (non-hydrogen) atoms. The van der Waals surface area contributed by atoms with Crippen LogP contribution < -0.4 is 11.5 Å². The first-order valence-electron chi connectivity index (χ1n) is 15.8. The van der Waals surface area contributed by atoms with Gasteiger partial charge in [0.25, 0.3) is 12.3 Å². The highest BCUT2D eigenvalue weighted by molar-refractivity contribution is 6.30. The maximum atomic E-state index is 15.9. The smallest absolute Gasteiger partial charge is 0.293 e. The summed E-state index contributed by atoms with van der Waals surface area (Å²) in [6.45, 7) is 5.59. The number of rotatable bonds is 8. The quantitative estimate of drug-likeness (QED) is 0.0998. The number of primary amides is 1. The van der Waals surface area contributed by atoms with E-state index in [1.807, 2.05) is 20.8 Å². The van der Waals surface area contributed by atoms with Crippen LogP contribution in [-0.4, -0.2) is 35.3 Å². The van der Waals surface area contributed by atoms with E-state index in [4.69, 9.17) is 28.1 Å². The molecule has 7 rings (SSSR count). The fourth-order valence-corrected chi connectivity index (χ4v) is 7.17. The number of hydrogen-bond donors (Lipinski definition) is 2. The van der Waals surface area contributed by atoms with Crippen LogP contribution in [0.25, 0.3) is 16.8 Å². The number of nitrogen functional groups attached to an aromatic ring is 1. The van der Waals surface area contributed by atoms with E-state index in [1.165, 1.54) is 10.5 Å². The first kappa shape index (κ1) is 34.4. The topological polar surface area (TPSA) is 130 Å². The Kier molecular flexibility index (Phi) is 8.09. The molecule has 1 saturated carbocycles. The molecule has 4 heterocycles. The summed E-state index contributed by atoms with van der Waals surface area (Å²) in [5.41, 5.74) is 10.4. The third-order valence-corrected chi connectivity index (χ3v) is 9.40. The molecule has 1 amide bonds. The molecule has 9 nitrogen and oxygen atoms in total. The van der Waals surface area contributed by atoms with Gasteiger partial charge in [0, 0.05) is 40.0 Å². The monoisotopic (exact) mass is 726 g/mol. The van der Waals surface area contributed by atoms with Gasteiger partial charge in [0.15, 0.2) is 5.65 Å². The van der Waals surface area contributed by atoms with Gasteiger partial charge in [-0.3, -0.25) is 9.20 Å². The SMILES string of the molecule is CC(C)(C)C#Cc1ccc(-c2ccc(Cl)n3c(N)nnc23)c([C@@H](Cc2cc(F)cc(F)c2)C(C(N)=O)n2nc(C(F)F)c3c2C(F)(F)[C@@H]2C[C@H]32)n1. The Morgan fingerprint density at radius 2 is 1.75 bits per heavy atom. The number of amides is 1. The lowest BCUT2D eigenvalue weighted by molar-refractivity contribution is -0.122. The summed E-state index contributed by atoms with van der Waals surface area (Å²) in [5, 5.41) is 12.1. The summed E-state index contributed by atoms with van der Waals surface area (Å²) in [6, 6.07) is 6.93. The Labute approximate surface area is 292 Å². The molecule has 1 unspecified atom stereocenters. The second kappa shape index (κ2) is 12.0. The standard InChI is InChI=1S/C35H29ClF6N8O/c1-34(2,3)9-8-18-4-5-19(20-6-7-24(36)49-32(20)46-47-33(49)44)26(45-18)22(12-15-10-16(37)13-17(38)11-15)28(31(43)51)50-29-25(27(48-50)30(39)40)21-14-23(21)35(29,41)42/h4-7,10-11,13,21-23,28,30H,12,14H2,1-3H3,(H2,43,51)(H2,44,47)/t21-,22+,23+,28?/m0/s1. The molecule has 0 aliphatic heterocycles. The number of halogens is 7. The second-order valence-electron chi connectivity index (χ2n) is 13.8. The van der Waals surface area contributed by atoms with Crippen molar-refractivity contribution < 1.29 is 31.1 Å². The van der Waals surface area contributed by atoms with Gasteiger partial charge < -0.3 is 11.5 Å². The average Bonchev–Trinajstić information content (AvgIpc) is 3.51. The average molecular weight is 727 g/mol. The van der Waals surface area contributed by atoms with Crippen molar-refractivity contribution >= 4 is 29.1 Å². The maximum Gasteiger partial charge on any atom is 0.293 e. The normalized spacial score (nSPS) is 18.6. The van der Waals surface area contributed by atoms with Crippen molar-refractivity contribution in [1.29, 1.82) is 0 Å². The van der Waals surface area contributed by atoms with E-state index in [-0.39, 0.29) is 51.2 Å². The van der Waals surface area contributed by atoms with Gasteiger partial charge in [-0.25, -0.2) is 27.2 Å². The molecule has 0 spiro atoms. The molecular formula is C35H29ClF6N8O. The fourth-order valence-electron chi connectivity index (χ4n) is 6.94. The van der Waals surface area contributed by atoms with Crippen molar-refractivity contribution in [3.8, 4) is 23.0 Å². The zero-order valence-corrected chi connectivity index (χ0v) is 28.0. The molecule has 1 fully saturated rings. The molecule has 0 radical (unpaired) electrons. The number of alkyl halides is 4. The number of fused-ring (bicyclic) bond motifs is 4. The molecule has 4 aromatic heterocycles. The van der Waals surface area contributed by atoms with Crippen molar-refractivity contribution in [2.75, 3.05) is 5.73 Å². The summed E-state index contributed by atoms with van der Waals surface area (Å²) in [7, 11) is 0. The number of nitrogens with zero attached hydrogens (tertiary/aromatic N) is 6. The molecule has 264 valence electrons. The highest BCUT2D eigenvalue weighted by Crippen LogP contribution is 2.68. The van der Waals surface area contributed by atoms with Gasteiger partial charge in [0.1, 0.15) is 39.9 Å². The number of carbonyl (C=O) groups is 1. The fraction of sp³-hybridized carbons (Fsp3) is 0.343. The van der Waals surface area contributed by atoms with E-state index in [2.05, 4.69) is 27.1 Å². The van der Waals surface area contributed by atoms with E-state index in [9.17, 15) is 22.4 Å². The Hall–Kier alpha value is -5.10. The van der Waals surface area contributed by atoms with Gasteiger partial charge >= 0.3 is 0 Å².